The Bertz CT molecular complexity index is 577. The van der Waals surface area contributed by atoms with Gasteiger partial charge in [-0.05, 0) is 43.0 Å². The first-order valence-corrected chi connectivity index (χ1v) is 7.26. The van der Waals surface area contributed by atoms with E-state index in [2.05, 4.69) is 25.5 Å². The Morgan fingerprint density at radius 3 is 2.27 bits per heavy atom. The number of esters is 1. The normalized spacial score (nSPS) is 11.8. The van der Waals surface area contributed by atoms with Crippen LogP contribution in [0.25, 0.3) is 0 Å². The molecule has 0 aromatic heterocycles. The van der Waals surface area contributed by atoms with Crippen molar-refractivity contribution in [3.8, 4) is 5.75 Å². The van der Waals surface area contributed by atoms with Crippen molar-refractivity contribution in [2.24, 2.45) is 0 Å². The van der Waals surface area contributed by atoms with E-state index in [-0.39, 0.29) is 17.3 Å². The molecule has 0 saturated heterocycles. The first-order valence-electron chi connectivity index (χ1n) is 7.26. The van der Waals surface area contributed by atoms with Crippen LogP contribution in [0.2, 0.25) is 0 Å². The number of ether oxygens (including phenoxy) is 2. The van der Waals surface area contributed by atoms with E-state index >= 15 is 0 Å². The average molecular weight is 304 g/mol. The highest BCUT2D eigenvalue weighted by molar-refractivity contribution is 6.08. The number of hydrogen-bond acceptors (Lipinski definition) is 4. The molecule has 0 heterocycles. The first-order chi connectivity index (χ1) is 10.1. The number of benzene rings is 1. The second kappa shape index (κ2) is 7.25. The summed E-state index contributed by atoms with van der Waals surface area (Å²) in [5, 5.41) is 0. The highest BCUT2D eigenvalue weighted by Gasteiger charge is 2.19. The molecule has 0 spiro atoms. The fraction of sp³-hybridized carbons (Fsp3) is 0.444. The van der Waals surface area contributed by atoms with Crippen LogP contribution in [-0.4, -0.2) is 25.0 Å². The Morgan fingerprint density at radius 1 is 1.14 bits per heavy atom. The highest BCUT2D eigenvalue weighted by Crippen LogP contribution is 2.29. The molecule has 0 fully saturated rings. The molecule has 4 nitrogen and oxygen atoms in total. The molecule has 22 heavy (non-hydrogen) atoms. The third kappa shape index (κ3) is 5.02. The van der Waals surface area contributed by atoms with Crippen LogP contribution in [0, 0.1) is 0 Å². The van der Waals surface area contributed by atoms with E-state index in [0.717, 1.165) is 11.6 Å². The predicted octanol–water partition coefficient (Wildman–Crippen LogP) is 3.68. The number of rotatable bonds is 5. The molecule has 0 radical (unpaired) electrons. The second-order valence-electron chi connectivity index (χ2n) is 6.35. The zero-order chi connectivity index (χ0) is 16.9. The molecule has 1 aromatic carbocycles. The van der Waals surface area contributed by atoms with Gasteiger partial charge in [-0.15, -0.1) is 0 Å². The Hall–Kier alpha value is -2.10. The molecule has 0 aliphatic heterocycles. The van der Waals surface area contributed by atoms with E-state index in [0.29, 0.717) is 11.3 Å². The quantitative estimate of drug-likeness (QED) is 0.473. The van der Waals surface area contributed by atoms with Gasteiger partial charge in [-0.1, -0.05) is 26.8 Å². The molecule has 1 rings (SSSR count). The van der Waals surface area contributed by atoms with Crippen LogP contribution in [0.4, 0.5) is 0 Å². The van der Waals surface area contributed by atoms with Crippen molar-refractivity contribution in [3.05, 3.63) is 41.5 Å². The summed E-state index contributed by atoms with van der Waals surface area (Å²) in [5.41, 5.74) is 1.39. The summed E-state index contributed by atoms with van der Waals surface area (Å²) in [6.45, 7) is 10.0. The van der Waals surface area contributed by atoms with Crippen molar-refractivity contribution in [1.82, 2.24) is 0 Å². The smallest absolute Gasteiger partial charge is 0.330 e. The summed E-state index contributed by atoms with van der Waals surface area (Å²) in [6.07, 6.45) is 2.28. The third-order valence-corrected chi connectivity index (χ3v) is 3.05. The van der Waals surface area contributed by atoms with Crippen molar-refractivity contribution in [1.29, 1.82) is 0 Å². The standard InChI is InChI=1S/C18H24O4/c1-12(2)22-16-9-7-13(18(3,4)5)11-14(16)15(19)8-10-17(20)21-6/h7-12H,1-6H3/b10-8+. The number of hydrogen-bond donors (Lipinski definition) is 0. The lowest BCUT2D eigenvalue weighted by atomic mass is 9.85. The maximum absolute atomic E-state index is 12.4. The fourth-order valence-electron chi connectivity index (χ4n) is 1.85. The molecule has 120 valence electrons. The first kappa shape index (κ1) is 18.0. The summed E-state index contributed by atoms with van der Waals surface area (Å²) >= 11 is 0. The van der Waals surface area contributed by atoms with Gasteiger partial charge in [0.2, 0.25) is 0 Å². The third-order valence-electron chi connectivity index (χ3n) is 3.05. The number of allylic oxidation sites excluding steroid dienone is 1. The van der Waals surface area contributed by atoms with Crippen LogP contribution in [0.15, 0.2) is 30.4 Å². The van der Waals surface area contributed by atoms with Crippen LogP contribution in [0.5, 0.6) is 5.75 Å². The van der Waals surface area contributed by atoms with Gasteiger partial charge in [-0.2, -0.15) is 0 Å². The van der Waals surface area contributed by atoms with E-state index in [1.54, 1.807) is 6.07 Å². The minimum absolute atomic E-state index is 0.0448. The molecule has 0 saturated carbocycles. The van der Waals surface area contributed by atoms with Gasteiger partial charge < -0.3 is 9.47 Å². The van der Waals surface area contributed by atoms with Gasteiger partial charge in [0.05, 0.1) is 18.8 Å². The second-order valence-corrected chi connectivity index (χ2v) is 6.35. The van der Waals surface area contributed by atoms with Crippen molar-refractivity contribution in [3.63, 3.8) is 0 Å². The van der Waals surface area contributed by atoms with E-state index in [9.17, 15) is 9.59 Å². The van der Waals surface area contributed by atoms with Crippen LogP contribution < -0.4 is 4.74 Å². The average Bonchev–Trinajstić information content (AvgIpc) is 2.42. The Morgan fingerprint density at radius 2 is 1.77 bits per heavy atom. The largest absolute Gasteiger partial charge is 0.490 e. The molecule has 1 aromatic rings. The molecule has 0 aliphatic carbocycles. The van der Waals surface area contributed by atoms with Gasteiger partial charge in [-0.25, -0.2) is 4.79 Å². The van der Waals surface area contributed by atoms with E-state index in [1.165, 1.54) is 13.2 Å². The maximum Gasteiger partial charge on any atom is 0.330 e. The lowest BCUT2D eigenvalue weighted by Crippen LogP contribution is -2.14. The van der Waals surface area contributed by atoms with Crippen molar-refractivity contribution in [2.45, 2.75) is 46.1 Å². The monoisotopic (exact) mass is 304 g/mol. The van der Waals surface area contributed by atoms with Crippen LogP contribution in [0.3, 0.4) is 0 Å². The minimum Gasteiger partial charge on any atom is -0.490 e. The number of carbonyl (C=O) groups is 2. The SMILES string of the molecule is COC(=O)/C=C/C(=O)c1cc(C(C)(C)C)ccc1OC(C)C. The van der Waals surface area contributed by atoms with Crippen LogP contribution in [-0.2, 0) is 14.9 Å². The molecule has 0 amide bonds. The van der Waals surface area contributed by atoms with Gasteiger partial charge in [0.25, 0.3) is 0 Å². The lowest BCUT2D eigenvalue weighted by molar-refractivity contribution is -0.134. The van der Waals surface area contributed by atoms with E-state index < -0.39 is 5.97 Å². The number of carbonyl (C=O) groups excluding carboxylic acids is 2. The lowest BCUT2D eigenvalue weighted by Gasteiger charge is -2.21. The summed E-state index contributed by atoms with van der Waals surface area (Å²) in [5.74, 6) is -0.332. The van der Waals surface area contributed by atoms with Gasteiger partial charge in [0.1, 0.15) is 5.75 Å². The predicted molar refractivity (Wildman–Crippen MR) is 86.4 cm³/mol. The summed E-state index contributed by atoms with van der Waals surface area (Å²) < 4.78 is 10.2. The molecule has 0 unspecified atom stereocenters. The molecular formula is C18H24O4. The Labute approximate surface area is 132 Å². The molecule has 4 heteroatoms. The zero-order valence-electron chi connectivity index (χ0n) is 14.1. The summed E-state index contributed by atoms with van der Waals surface area (Å²) in [7, 11) is 1.27. The zero-order valence-corrected chi connectivity index (χ0v) is 14.1. The number of methoxy groups -OCH3 is 1. The topological polar surface area (TPSA) is 52.6 Å². The van der Waals surface area contributed by atoms with E-state index in [4.69, 9.17) is 4.74 Å². The highest BCUT2D eigenvalue weighted by atomic mass is 16.5. The fourth-order valence-corrected chi connectivity index (χ4v) is 1.85. The van der Waals surface area contributed by atoms with Gasteiger partial charge in [-0.3, -0.25) is 4.79 Å². The Kier molecular flexibility index (Phi) is 5.92. The summed E-state index contributed by atoms with van der Waals surface area (Å²) in [4.78, 5) is 23.5. The van der Waals surface area contributed by atoms with Crippen molar-refractivity contribution >= 4 is 11.8 Å². The van der Waals surface area contributed by atoms with Crippen LogP contribution in [0.1, 0.15) is 50.5 Å². The van der Waals surface area contributed by atoms with Crippen molar-refractivity contribution in [2.75, 3.05) is 7.11 Å². The van der Waals surface area contributed by atoms with Gasteiger partial charge in [0, 0.05) is 6.08 Å². The van der Waals surface area contributed by atoms with Crippen molar-refractivity contribution < 1.29 is 19.1 Å². The number of ketones is 1. The molecule has 0 aliphatic rings. The molecular weight excluding hydrogens is 280 g/mol. The maximum atomic E-state index is 12.4. The van der Waals surface area contributed by atoms with Crippen LogP contribution >= 0.6 is 0 Å². The van der Waals surface area contributed by atoms with E-state index in [1.807, 2.05) is 26.0 Å². The molecule has 0 atom stereocenters. The molecule has 0 bridgehead atoms. The Balaban J connectivity index is 3.24. The minimum atomic E-state index is -0.563. The van der Waals surface area contributed by atoms with Gasteiger partial charge in [0.15, 0.2) is 5.78 Å². The summed E-state index contributed by atoms with van der Waals surface area (Å²) in [6, 6.07) is 5.58. The van der Waals surface area contributed by atoms with Gasteiger partial charge >= 0.3 is 5.97 Å². The molecule has 0 N–H and O–H groups in total.